The molecule has 1 aromatic rings. The molecule has 0 aliphatic carbocycles. The second kappa shape index (κ2) is 6.02. The van der Waals surface area contributed by atoms with Gasteiger partial charge in [-0.1, -0.05) is 26.0 Å². The van der Waals surface area contributed by atoms with Crippen molar-refractivity contribution < 1.29 is 8.42 Å². The highest BCUT2D eigenvalue weighted by Gasteiger charge is 2.06. The van der Waals surface area contributed by atoms with E-state index in [4.69, 9.17) is 5.14 Å². The number of hydrogen-bond donors (Lipinski definition) is 2. The predicted molar refractivity (Wildman–Crippen MR) is 71.2 cm³/mol. The van der Waals surface area contributed by atoms with Gasteiger partial charge < -0.3 is 5.32 Å². The Balaban J connectivity index is 2.68. The monoisotopic (exact) mass is 256 g/mol. The number of hydrogen-bond acceptors (Lipinski definition) is 3. The van der Waals surface area contributed by atoms with E-state index in [1.807, 2.05) is 12.1 Å². The largest absolute Gasteiger partial charge is 0.382 e. The maximum absolute atomic E-state index is 10.9. The molecule has 1 aromatic carbocycles. The molecule has 0 spiro atoms. The molecule has 1 rings (SSSR count). The molecule has 0 aliphatic heterocycles. The van der Waals surface area contributed by atoms with Crippen LogP contribution in [0.5, 0.6) is 0 Å². The van der Waals surface area contributed by atoms with Crippen molar-refractivity contribution in [2.75, 3.05) is 5.32 Å². The van der Waals surface area contributed by atoms with Crippen LogP contribution < -0.4 is 10.5 Å². The van der Waals surface area contributed by atoms with Crippen LogP contribution in [-0.4, -0.2) is 14.5 Å². The molecule has 0 amide bonds. The van der Waals surface area contributed by atoms with Gasteiger partial charge in [-0.05, 0) is 30.5 Å². The van der Waals surface area contributed by atoms with E-state index in [9.17, 15) is 8.42 Å². The van der Waals surface area contributed by atoms with E-state index in [-0.39, 0.29) is 5.75 Å². The molecule has 0 aliphatic rings. The molecule has 0 saturated heterocycles. The first-order valence-electron chi connectivity index (χ1n) is 5.80. The first-order chi connectivity index (χ1) is 7.94. The van der Waals surface area contributed by atoms with Crippen molar-refractivity contribution in [3.8, 4) is 0 Å². The summed E-state index contributed by atoms with van der Waals surface area (Å²) in [5, 5.41) is 8.37. The molecule has 0 atom stereocenters. The van der Waals surface area contributed by atoms with Gasteiger partial charge in [0.2, 0.25) is 10.0 Å². The molecule has 3 N–H and O–H groups in total. The summed E-state index contributed by atoms with van der Waals surface area (Å²) < 4.78 is 21.8. The van der Waals surface area contributed by atoms with Crippen LogP contribution in [-0.2, 0) is 15.8 Å². The van der Waals surface area contributed by atoms with Crippen LogP contribution in [0.3, 0.4) is 0 Å². The Morgan fingerprint density at radius 1 is 1.18 bits per heavy atom. The molecule has 0 aromatic heterocycles. The van der Waals surface area contributed by atoms with Crippen molar-refractivity contribution in [3.63, 3.8) is 0 Å². The molecule has 17 heavy (non-hydrogen) atoms. The van der Waals surface area contributed by atoms with Gasteiger partial charge in [-0.3, -0.25) is 0 Å². The fourth-order valence-corrected chi connectivity index (χ4v) is 2.32. The third-order valence-electron chi connectivity index (χ3n) is 2.68. The molecule has 96 valence electrons. The van der Waals surface area contributed by atoms with Crippen LogP contribution in [0.2, 0.25) is 0 Å². The number of primary sulfonamides is 1. The van der Waals surface area contributed by atoms with Gasteiger partial charge in [-0.15, -0.1) is 0 Å². The molecule has 0 saturated carbocycles. The lowest BCUT2D eigenvalue weighted by molar-refractivity contribution is 0.597. The number of rotatable bonds is 6. The Kier molecular flexibility index (Phi) is 4.96. The minimum Gasteiger partial charge on any atom is -0.382 e. The summed E-state index contributed by atoms with van der Waals surface area (Å²) in [5.41, 5.74) is 1.72. The third kappa shape index (κ3) is 5.19. The van der Waals surface area contributed by atoms with E-state index in [2.05, 4.69) is 19.2 Å². The summed E-state index contributed by atoms with van der Waals surface area (Å²) in [6.07, 6.45) is 2.13. The third-order valence-corrected chi connectivity index (χ3v) is 3.41. The predicted octanol–water partition coefficient (Wildman–Crippen LogP) is 2.08. The normalized spacial score (nSPS) is 11.8. The van der Waals surface area contributed by atoms with Gasteiger partial charge >= 0.3 is 0 Å². The number of nitrogens with one attached hydrogen (secondary N) is 1. The highest BCUT2D eigenvalue weighted by molar-refractivity contribution is 7.88. The highest BCUT2D eigenvalue weighted by Crippen LogP contribution is 2.14. The van der Waals surface area contributed by atoms with Gasteiger partial charge in [0, 0.05) is 11.7 Å². The lowest BCUT2D eigenvalue weighted by atomic mass is 10.1. The molecule has 4 nitrogen and oxygen atoms in total. The fourth-order valence-electron chi connectivity index (χ4n) is 1.66. The minimum absolute atomic E-state index is 0.113. The number of benzene rings is 1. The molecule has 0 bridgehead atoms. The summed E-state index contributed by atoms with van der Waals surface area (Å²) in [5.74, 6) is -0.113. The quantitative estimate of drug-likeness (QED) is 0.818. The Morgan fingerprint density at radius 3 is 2.12 bits per heavy atom. The zero-order chi connectivity index (χ0) is 12.9. The second-order valence-corrected chi connectivity index (χ2v) is 5.78. The van der Waals surface area contributed by atoms with Crippen LogP contribution in [0.1, 0.15) is 32.3 Å². The average Bonchev–Trinajstić information content (AvgIpc) is 2.26. The van der Waals surface area contributed by atoms with Gasteiger partial charge in [-0.2, -0.15) is 0 Å². The summed E-state index contributed by atoms with van der Waals surface area (Å²) >= 11 is 0. The zero-order valence-electron chi connectivity index (χ0n) is 10.3. The average molecular weight is 256 g/mol. The minimum atomic E-state index is -3.44. The standard InChI is InChI=1S/C12H20N2O2S/c1-3-11(4-2)14-12-7-5-10(6-8-12)9-17(13,15)16/h5-8,11,14H,3-4,9H2,1-2H3,(H2,13,15,16). The van der Waals surface area contributed by atoms with E-state index in [0.717, 1.165) is 18.5 Å². The van der Waals surface area contributed by atoms with E-state index in [1.165, 1.54) is 0 Å². The van der Waals surface area contributed by atoms with Gasteiger partial charge in [0.1, 0.15) is 0 Å². The SMILES string of the molecule is CCC(CC)Nc1ccc(CS(N)(=O)=O)cc1. The van der Waals surface area contributed by atoms with Crippen molar-refractivity contribution in [2.45, 2.75) is 38.5 Å². The lowest BCUT2D eigenvalue weighted by Gasteiger charge is -2.16. The fraction of sp³-hybridized carbons (Fsp3) is 0.500. The molecule has 5 heteroatoms. The van der Waals surface area contributed by atoms with E-state index in [0.29, 0.717) is 11.6 Å². The number of anilines is 1. The lowest BCUT2D eigenvalue weighted by Crippen LogP contribution is -2.17. The van der Waals surface area contributed by atoms with Gasteiger partial charge in [0.05, 0.1) is 5.75 Å². The van der Waals surface area contributed by atoms with Crippen molar-refractivity contribution in [1.82, 2.24) is 0 Å². The molecule has 0 fully saturated rings. The molecule has 0 unspecified atom stereocenters. The van der Waals surface area contributed by atoms with Crippen LogP contribution >= 0.6 is 0 Å². The Labute approximate surface area is 103 Å². The van der Waals surface area contributed by atoms with E-state index in [1.54, 1.807) is 12.1 Å². The number of sulfonamides is 1. The van der Waals surface area contributed by atoms with Crippen molar-refractivity contribution >= 4 is 15.7 Å². The molecule has 0 radical (unpaired) electrons. The van der Waals surface area contributed by atoms with Crippen molar-refractivity contribution in [1.29, 1.82) is 0 Å². The van der Waals surface area contributed by atoms with Crippen LogP contribution in [0.4, 0.5) is 5.69 Å². The van der Waals surface area contributed by atoms with Gasteiger partial charge in [0.15, 0.2) is 0 Å². The van der Waals surface area contributed by atoms with Crippen LogP contribution in [0.15, 0.2) is 24.3 Å². The van der Waals surface area contributed by atoms with Crippen LogP contribution in [0, 0.1) is 0 Å². The Bertz CT molecular complexity index is 436. The zero-order valence-corrected chi connectivity index (χ0v) is 11.1. The van der Waals surface area contributed by atoms with Crippen molar-refractivity contribution in [2.24, 2.45) is 5.14 Å². The summed E-state index contributed by atoms with van der Waals surface area (Å²) in [6.45, 7) is 4.27. The molecule has 0 heterocycles. The summed E-state index contributed by atoms with van der Waals surface area (Å²) in [7, 11) is -3.44. The molecular formula is C12H20N2O2S. The second-order valence-electron chi connectivity index (χ2n) is 4.16. The molecular weight excluding hydrogens is 236 g/mol. The summed E-state index contributed by atoms with van der Waals surface area (Å²) in [4.78, 5) is 0. The van der Waals surface area contributed by atoms with Crippen molar-refractivity contribution in [3.05, 3.63) is 29.8 Å². The first-order valence-corrected chi connectivity index (χ1v) is 7.52. The van der Waals surface area contributed by atoms with Crippen LogP contribution in [0.25, 0.3) is 0 Å². The van der Waals surface area contributed by atoms with E-state index >= 15 is 0 Å². The van der Waals surface area contributed by atoms with Gasteiger partial charge in [-0.25, -0.2) is 13.6 Å². The maximum atomic E-state index is 10.9. The highest BCUT2D eigenvalue weighted by atomic mass is 32.2. The summed E-state index contributed by atoms with van der Waals surface area (Å²) in [6, 6.07) is 7.81. The van der Waals surface area contributed by atoms with Gasteiger partial charge in [0.25, 0.3) is 0 Å². The topological polar surface area (TPSA) is 72.2 Å². The smallest absolute Gasteiger partial charge is 0.213 e. The maximum Gasteiger partial charge on any atom is 0.213 e. The Hall–Kier alpha value is -1.07. The first kappa shape index (κ1) is 14.0. The number of nitrogens with two attached hydrogens (primary N) is 1. The van der Waals surface area contributed by atoms with E-state index < -0.39 is 10.0 Å². The Morgan fingerprint density at radius 2 is 1.71 bits per heavy atom.